The van der Waals surface area contributed by atoms with E-state index in [9.17, 15) is 26.4 Å². The van der Waals surface area contributed by atoms with Crippen molar-refractivity contribution in [1.29, 1.82) is 0 Å². The molecule has 1 aliphatic carbocycles. The molecule has 0 heterocycles. The van der Waals surface area contributed by atoms with Crippen LogP contribution in [0.3, 0.4) is 0 Å². The van der Waals surface area contributed by atoms with Crippen molar-refractivity contribution in [3.8, 4) is 0 Å². The molecular formula is C15H24F3NO5S. The average molecular weight is 387 g/mol. The number of nitrogens with one attached hydrogen (secondary N) is 1. The lowest BCUT2D eigenvalue weighted by atomic mass is 9.85. The fourth-order valence-corrected chi connectivity index (χ4v) is 3.10. The summed E-state index contributed by atoms with van der Waals surface area (Å²) in [6, 6.07) is -0.177. The second kappa shape index (κ2) is 7.84. The molecule has 1 aliphatic rings. The van der Waals surface area contributed by atoms with Gasteiger partial charge in [-0.25, -0.2) is 4.79 Å². The molecule has 0 radical (unpaired) electrons. The lowest BCUT2D eigenvalue weighted by molar-refractivity contribution is -0.0528. The van der Waals surface area contributed by atoms with Crippen LogP contribution >= 0.6 is 0 Å². The van der Waals surface area contributed by atoms with Crippen LogP contribution in [0.15, 0.2) is 11.8 Å². The number of hydrogen-bond acceptors (Lipinski definition) is 5. The number of ether oxygens (including phenoxy) is 1. The molecule has 146 valence electrons. The van der Waals surface area contributed by atoms with Crippen LogP contribution in [-0.2, 0) is 19.0 Å². The molecule has 1 N–H and O–H groups in total. The van der Waals surface area contributed by atoms with Gasteiger partial charge in [0.25, 0.3) is 0 Å². The predicted molar refractivity (Wildman–Crippen MR) is 84.9 cm³/mol. The Labute approximate surface area is 145 Å². The van der Waals surface area contributed by atoms with Gasteiger partial charge in [-0.1, -0.05) is 0 Å². The van der Waals surface area contributed by atoms with Crippen LogP contribution in [0.5, 0.6) is 0 Å². The Balaban J connectivity index is 2.59. The molecule has 0 atom stereocenters. The summed E-state index contributed by atoms with van der Waals surface area (Å²) in [6.45, 7) is 6.63. The fourth-order valence-electron chi connectivity index (χ4n) is 2.52. The molecule has 25 heavy (non-hydrogen) atoms. The van der Waals surface area contributed by atoms with Crippen molar-refractivity contribution in [1.82, 2.24) is 5.32 Å². The van der Waals surface area contributed by atoms with Crippen LogP contribution in [0.25, 0.3) is 0 Å². The third-order valence-electron chi connectivity index (χ3n) is 3.62. The minimum Gasteiger partial charge on any atom is -0.444 e. The molecule has 0 aromatic heterocycles. The number of alkyl carbamates (subject to hydrolysis) is 1. The van der Waals surface area contributed by atoms with Gasteiger partial charge < -0.3 is 14.2 Å². The van der Waals surface area contributed by atoms with Gasteiger partial charge in [-0.3, -0.25) is 0 Å². The summed E-state index contributed by atoms with van der Waals surface area (Å²) in [5, 5.41) is 2.71. The summed E-state index contributed by atoms with van der Waals surface area (Å²) in [6.07, 6.45) is 2.43. The van der Waals surface area contributed by atoms with Gasteiger partial charge in [0.05, 0.1) is 0 Å². The average Bonchev–Trinajstić information content (AvgIpc) is 2.42. The number of allylic oxidation sites excluding steroid dienone is 2. The smallest absolute Gasteiger partial charge is 0.444 e. The third kappa shape index (κ3) is 6.75. The van der Waals surface area contributed by atoms with Crippen LogP contribution in [0.4, 0.5) is 18.0 Å². The lowest BCUT2D eigenvalue weighted by Crippen LogP contribution is -2.41. The van der Waals surface area contributed by atoms with E-state index in [1.807, 2.05) is 0 Å². The zero-order chi connectivity index (χ0) is 19.5. The summed E-state index contributed by atoms with van der Waals surface area (Å²) in [5.41, 5.74) is -6.09. The van der Waals surface area contributed by atoms with Crippen LogP contribution in [0.1, 0.15) is 53.4 Å². The van der Waals surface area contributed by atoms with Gasteiger partial charge >= 0.3 is 21.7 Å². The Morgan fingerprint density at radius 1 is 1.12 bits per heavy atom. The highest BCUT2D eigenvalue weighted by Gasteiger charge is 2.49. The highest BCUT2D eigenvalue weighted by Crippen LogP contribution is 2.34. The first-order chi connectivity index (χ1) is 11.2. The summed E-state index contributed by atoms with van der Waals surface area (Å²) in [7, 11) is -5.67. The van der Waals surface area contributed by atoms with Crippen molar-refractivity contribution in [2.24, 2.45) is 5.92 Å². The maximum absolute atomic E-state index is 12.4. The number of rotatable bonds is 4. The maximum Gasteiger partial charge on any atom is 0.534 e. The minimum atomic E-state index is -5.67. The highest BCUT2D eigenvalue weighted by molar-refractivity contribution is 7.87. The van der Waals surface area contributed by atoms with E-state index in [0.717, 1.165) is 0 Å². The minimum absolute atomic E-state index is 0.177. The van der Waals surface area contributed by atoms with Crippen LogP contribution < -0.4 is 5.32 Å². The fraction of sp³-hybridized carbons (Fsp3) is 0.800. The van der Waals surface area contributed by atoms with Crippen molar-refractivity contribution in [3.05, 3.63) is 11.8 Å². The number of amides is 1. The number of carbonyl (C=O) groups is 1. The Kier molecular flexibility index (Phi) is 6.77. The number of hydrogen-bond donors (Lipinski definition) is 1. The monoisotopic (exact) mass is 387 g/mol. The van der Waals surface area contributed by atoms with E-state index in [0.29, 0.717) is 25.7 Å². The van der Waals surface area contributed by atoms with Gasteiger partial charge in [0.2, 0.25) is 0 Å². The van der Waals surface area contributed by atoms with Gasteiger partial charge in [0.1, 0.15) is 11.4 Å². The molecule has 0 saturated heterocycles. The molecule has 10 heteroatoms. The Morgan fingerprint density at radius 2 is 1.64 bits per heavy atom. The first-order valence-electron chi connectivity index (χ1n) is 7.91. The maximum atomic E-state index is 12.4. The summed E-state index contributed by atoms with van der Waals surface area (Å²) < 4.78 is 69.0. The van der Waals surface area contributed by atoms with E-state index in [2.05, 4.69) is 9.50 Å². The van der Waals surface area contributed by atoms with E-state index in [4.69, 9.17) is 4.74 Å². The van der Waals surface area contributed by atoms with Crippen LogP contribution in [-0.4, -0.2) is 31.7 Å². The van der Waals surface area contributed by atoms with E-state index in [-0.39, 0.29) is 11.8 Å². The molecule has 0 aliphatic heterocycles. The van der Waals surface area contributed by atoms with Gasteiger partial charge in [0, 0.05) is 12.0 Å². The standard InChI is InChI=1S/C15H24F3NO5S/c1-5-12(24-25(21,22)15(16,17)18)10-6-8-11(9-7-10)19-13(20)23-14(2,3)4/h5,10-11H,6-9H2,1-4H3,(H,19,20). The van der Waals surface area contributed by atoms with Gasteiger partial charge in [-0.15, -0.1) is 0 Å². The molecule has 6 nitrogen and oxygen atoms in total. The Hall–Kier alpha value is -1.45. The molecule has 0 aromatic carbocycles. The van der Waals surface area contributed by atoms with Crippen LogP contribution in [0.2, 0.25) is 0 Å². The number of halogens is 3. The van der Waals surface area contributed by atoms with Gasteiger partial charge in [-0.05, 0) is 59.5 Å². The van der Waals surface area contributed by atoms with Crippen molar-refractivity contribution < 1.29 is 35.3 Å². The van der Waals surface area contributed by atoms with E-state index < -0.39 is 33.2 Å². The molecule has 0 spiro atoms. The number of alkyl halides is 3. The Bertz CT molecular complexity index is 600. The first-order valence-corrected chi connectivity index (χ1v) is 9.32. The molecule has 0 bridgehead atoms. The topological polar surface area (TPSA) is 81.7 Å². The van der Waals surface area contributed by atoms with E-state index in [1.165, 1.54) is 13.0 Å². The number of carbonyl (C=O) groups excluding carboxylic acids is 1. The SMILES string of the molecule is CC=C(OS(=O)(=O)C(F)(F)F)C1CCC(NC(=O)OC(C)(C)C)CC1. The normalized spacial score (nSPS) is 23.1. The molecule has 1 fully saturated rings. The van der Waals surface area contributed by atoms with Gasteiger partial charge in [0.15, 0.2) is 0 Å². The molecule has 1 rings (SSSR count). The second-order valence-corrected chi connectivity index (χ2v) is 8.41. The van der Waals surface area contributed by atoms with Crippen molar-refractivity contribution in [2.75, 3.05) is 0 Å². The first kappa shape index (κ1) is 21.6. The quantitative estimate of drug-likeness (QED) is 0.450. The summed E-state index contributed by atoms with van der Waals surface area (Å²) in [4.78, 5) is 11.7. The highest BCUT2D eigenvalue weighted by atomic mass is 32.2. The molecule has 1 amide bonds. The lowest BCUT2D eigenvalue weighted by Gasteiger charge is -2.30. The zero-order valence-electron chi connectivity index (χ0n) is 14.6. The third-order valence-corrected chi connectivity index (χ3v) is 4.60. The molecular weight excluding hydrogens is 363 g/mol. The summed E-state index contributed by atoms with van der Waals surface area (Å²) in [5.74, 6) is -0.660. The summed E-state index contributed by atoms with van der Waals surface area (Å²) >= 11 is 0. The van der Waals surface area contributed by atoms with Crippen molar-refractivity contribution in [2.45, 2.75) is 70.5 Å². The van der Waals surface area contributed by atoms with E-state index >= 15 is 0 Å². The zero-order valence-corrected chi connectivity index (χ0v) is 15.5. The molecule has 0 aromatic rings. The van der Waals surface area contributed by atoms with Gasteiger partial charge in [-0.2, -0.15) is 21.6 Å². The largest absolute Gasteiger partial charge is 0.534 e. The van der Waals surface area contributed by atoms with Crippen LogP contribution in [0, 0.1) is 5.92 Å². The van der Waals surface area contributed by atoms with Crippen molar-refractivity contribution in [3.63, 3.8) is 0 Å². The molecule has 1 saturated carbocycles. The predicted octanol–water partition coefficient (Wildman–Crippen LogP) is 3.84. The second-order valence-electron chi connectivity index (χ2n) is 6.87. The van der Waals surface area contributed by atoms with Crippen molar-refractivity contribution >= 4 is 16.2 Å². The van der Waals surface area contributed by atoms with E-state index in [1.54, 1.807) is 20.8 Å². The molecule has 0 unspecified atom stereocenters. The Morgan fingerprint density at radius 3 is 2.04 bits per heavy atom.